The summed E-state index contributed by atoms with van der Waals surface area (Å²) in [6.07, 6.45) is 6.24. The molecule has 0 radical (unpaired) electrons. The Labute approximate surface area is 57.6 Å². The summed E-state index contributed by atoms with van der Waals surface area (Å²) < 4.78 is 0. The van der Waals surface area contributed by atoms with Crippen LogP contribution in [-0.2, 0) is 0 Å². The van der Waals surface area contributed by atoms with E-state index in [2.05, 4.69) is 32.2 Å². The van der Waals surface area contributed by atoms with Crippen molar-refractivity contribution in [3.63, 3.8) is 0 Å². The van der Waals surface area contributed by atoms with Crippen LogP contribution in [0.4, 0.5) is 0 Å². The van der Waals surface area contributed by atoms with E-state index in [1.54, 1.807) is 0 Å². The zero-order valence-corrected chi connectivity index (χ0v) is 6.28. The van der Waals surface area contributed by atoms with E-state index in [0.29, 0.717) is 0 Å². The van der Waals surface area contributed by atoms with Crippen LogP contribution in [0.2, 0.25) is 0 Å². The van der Waals surface area contributed by atoms with E-state index in [-0.39, 0.29) is 0 Å². The second-order valence-electron chi connectivity index (χ2n) is 2.05. The molecule has 0 N–H and O–H groups in total. The molecule has 0 nitrogen and oxygen atoms in total. The molecule has 0 heterocycles. The summed E-state index contributed by atoms with van der Waals surface area (Å²) in [4.78, 5) is 0. The van der Waals surface area contributed by atoms with Crippen molar-refractivity contribution in [2.75, 3.05) is 0 Å². The van der Waals surface area contributed by atoms with Crippen molar-refractivity contribution in [3.8, 4) is 0 Å². The van der Waals surface area contributed by atoms with Gasteiger partial charge in [0, 0.05) is 0 Å². The third-order valence-corrected chi connectivity index (χ3v) is 1.29. The lowest BCUT2D eigenvalue weighted by atomic mass is 10.2. The van der Waals surface area contributed by atoms with Gasteiger partial charge in [0.2, 0.25) is 0 Å². The molecule has 0 spiro atoms. The maximum Gasteiger partial charge on any atom is -0.00906 e. The fourth-order valence-electron chi connectivity index (χ4n) is 0.488. The topological polar surface area (TPSA) is 0 Å². The third kappa shape index (κ3) is 5.13. The quantitative estimate of drug-likeness (QED) is 0.398. The lowest BCUT2D eigenvalue weighted by molar-refractivity contribution is 1.08. The minimum Gasteiger partial charge on any atom is -0.133 e. The Morgan fingerprint density at radius 2 is 2.33 bits per heavy atom. The first-order valence-corrected chi connectivity index (χ1v) is 3.31. The smallest absolute Gasteiger partial charge is 0.00906 e. The molecule has 0 unspecified atom stereocenters. The van der Waals surface area contributed by atoms with Gasteiger partial charge in [0.15, 0.2) is 0 Å². The summed E-state index contributed by atoms with van der Waals surface area (Å²) >= 11 is 0. The molecule has 0 aliphatic carbocycles. The largest absolute Gasteiger partial charge is 0.133 e. The summed E-state index contributed by atoms with van der Waals surface area (Å²) in [5, 5.41) is 0. The van der Waals surface area contributed by atoms with E-state index in [1.807, 2.05) is 6.08 Å². The molecule has 0 fully saturated rings. The first kappa shape index (κ1) is 8.26. The van der Waals surface area contributed by atoms with Crippen molar-refractivity contribution >= 4 is 0 Å². The van der Waals surface area contributed by atoms with Gasteiger partial charge in [-0.15, -0.1) is 5.73 Å². The Balaban J connectivity index is 3.55. The summed E-state index contributed by atoms with van der Waals surface area (Å²) in [5.74, 6) is 0. The summed E-state index contributed by atoms with van der Waals surface area (Å²) in [7, 11) is 0. The van der Waals surface area contributed by atoms with E-state index in [0.717, 1.165) is 12.8 Å². The maximum absolute atomic E-state index is 3.47. The molecule has 0 saturated heterocycles. The maximum atomic E-state index is 3.47. The van der Waals surface area contributed by atoms with Crippen LogP contribution in [-0.4, -0.2) is 0 Å². The molecule has 0 saturated carbocycles. The van der Waals surface area contributed by atoms with Gasteiger partial charge in [-0.25, -0.2) is 0 Å². The van der Waals surface area contributed by atoms with Crippen LogP contribution in [0, 0.1) is 0 Å². The van der Waals surface area contributed by atoms with Gasteiger partial charge in [0.1, 0.15) is 0 Å². The molecule has 0 aromatic carbocycles. The molecule has 9 heavy (non-hydrogen) atoms. The van der Waals surface area contributed by atoms with Crippen LogP contribution < -0.4 is 0 Å². The van der Waals surface area contributed by atoms with Crippen LogP contribution >= 0.6 is 0 Å². The van der Waals surface area contributed by atoms with Crippen LogP contribution in [0.5, 0.6) is 0 Å². The Morgan fingerprint density at radius 3 is 2.78 bits per heavy atom. The van der Waals surface area contributed by atoms with Gasteiger partial charge in [-0.05, 0) is 25.8 Å². The van der Waals surface area contributed by atoms with E-state index >= 15 is 0 Å². The Hall–Kier alpha value is -0.740. The zero-order chi connectivity index (χ0) is 7.11. The highest BCUT2D eigenvalue weighted by Gasteiger charge is 1.78. The van der Waals surface area contributed by atoms with E-state index in [4.69, 9.17) is 0 Å². The molecule has 0 bridgehead atoms. The second-order valence-corrected chi connectivity index (χ2v) is 2.05. The molecular weight excluding hydrogens is 108 g/mol. The zero-order valence-electron chi connectivity index (χ0n) is 6.28. The van der Waals surface area contributed by atoms with Crippen LogP contribution in [0.25, 0.3) is 0 Å². The predicted octanol–water partition coefficient (Wildman–Crippen LogP) is 3.07. The van der Waals surface area contributed by atoms with Crippen molar-refractivity contribution in [2.45, 2.75) is 26.7 Å². The SMILES string of the molecule is C=C=CCC=C(C)CC. The fraction of sp³-hybridized carbons (Fsp3) is 0.444. The molecule has 0 heteroatoms. The van der Waals surface area contributed by atoms with Gasteiger partial charge >= 0.3 is 0 Å². The fourth-order valence-corrected chi connectivity index (χ4v) is 0.488. The van der Waals surface area contributed by atoms with Gasteiger partial charge in [0.25, 0.3) is 0 Å². The number of hydrogen-bond donors (Lipinski definition) is 0. The second kappa shape index (κ2) is 5.40. The monoisotopic (exact) mass is 122 g/mol. The summed E-state index contributed by atoms with van der Waals surface area (Å²) in [6.45, 7) is 7.77. The van der Waals surface area contributed by atoms with E-state index in [9.17, 15) is 0 Å². The van der Waals surface area contributed by atoms with Gasteiger partial charge in [0.05, 0.1) is 0 Å². The van der Waals surface area contributed by atoms with Crippen molar-refractivity contribution < 1.29 is 0 Å². The minimum atomic E-state index is 0.975. The first-order valence-electron chi connectivity index (χ1n) is 3.31. The number of allylic oxidation sites excluding steroid dienone is 3. The van der Waals surface area contributed by atoms with Crippen molar-refractivity contribution in [1.82, 2.24) is 0 Å². The molecule has 0 aromatic rings. The highest BCUT2D eigenvalue weighted by Crippen LogP contribution is 1.99. The van der Waals surface area contributed by atoms with Crippen LogP contribution in [0.15, 0.2) is 30.0 Å². The molecule has 0 amide bonds. The van der Waals surface area contributed by atoms with Gasteiger partial charge in [-0.2, -0.15) is 0 Å². The Kier molecular flexibility index (Phi) is 4.95. The highest BCUT2D eigenvalue weighted by molar-refractivity contribution is 5.00. The number of rotatable bonds is 3. The van der Waals surface area contributed by atoms with Gasteiger partial charge < -0.3 is 0 Å². The third-order valence-electron chi connectivity index (χ3n) is 1.29. The summed E-state index contributed by atoms with van der Waals surface area (Å²) in [5.41, 5.74) is 4.16. The standard InChI is InChI=1S/C9H14/c1-4-6-7-8-9(3)5-2/h6,8H,1,5,7H2,2-3H3. The Morgan fingerprint density at radius 1 is 1.67 bits per heavy atom. The molecule has 0 aliphatic rings. The van der Waals surface area contributed by atoms with E-state index < -0.39 is 0 Å². The predicted molar refractivity (Wildman–Crippen MR) is 42.4 cm³/mol. The lowest BCUT2D eigenvalue weighted by Crippen LogP contribution is -1.68. The Bertz CT molecular complexity index is 134. The van der Waals surface area contributed by atoms with Gasteiger partial charge in [-0.3, -0.25) is 0 Å². The van der Waals surface area contributed by atoms with Gasteiger partial charge in [-0.1, -0.05) is 25.2 Å². The van der Waals surface area contributed by atoms with Crippen LogP contribution in [0.1, 0.15) is 26.7 Å². The van der Waals surface area contributed by atoms with Crippen molar-refractivity contribution in [1.29, 1.82) is 0 Å². The molecule has 0 atom stereocenters. The normalized spacial score (nSPS) is 10.7. The van der Waals surface area contributed by atoms with Crippen molar-refractivity contribution in [2.24, 2.45) is 0 Å². The average Bonchev–Trinajstić information content (AvgIpc) is 1.89. The minimum absolute atomic E-state index is 0.975. The lowest BCUT2D eigenvalue weighted by Gasteiger charge is -1.89. The molecular formula is C9H14. The van der Waals surface area contributed by atoms with Crippen LogP contribution in [0.3, 0.4) is 0 Å². The first-order chi connectivity index (χ1) is 4.31. The summed E-state index contributed by atoms with van der Waals surface area (Å²) in [6, 6.07) is 0. The van der Waals surface area contributed by atoms with Crippen molar-refractivity contribution in [3.05, 3.63) is 30.0 Å². The molecule has 0 rings (SSSR count). The number of hydrogen-bond acceptors (Lipinski definition) is 0. The molecule has 0 aliphatic heterocycles. The molecule has 0 aromatic heterocycles. The molecule has 50 valence electrons. The van der Waals surface area contributed by atoms with E-state index in [1.165, 1.54) is 5.57 Å². The average molecular weight is 122 g/mol. The highest BCUT2D eigenvalue weighted by atomic mass is 13.8.